The molecule has 0 aliphatic rings. The molecule has 0 aliphatic heterocycles. The first kappa shape index (κ1) is 10.4. The quantitative estimate of drug-likeness (QED) is 0.785. The SMILES string of the molecule is Cc1oc(-c2ccccc2)nc1CCC#N. The van der Waals surface area contributed by atoms with E-state index in [9.17, 15) is 0 Å². The number of rotatable bonds is 3. The maximum atomic E-state index is 8.53. The fraction of sp³-hybridized carbons (Fsp3) is 0.231. The van der Waals surface area contributed by atoms with Gasteiger partial charge in [0.1, 0.15) is 5.76 Å². The van der Waals surface area contributed by atoms with E-state index < -0.39 is 0 Å². The zero-order chi connectivity index (χ0) is 11.4. The van der Waals surface area contributed by atoms with Crippen molar-refractivity contribution >= 4 is 0 Å². The summed E-state index contributed by atoms with van der Waals surface area (Å²) in [5.74, 6) is 1.43. The minimum absolute atomic E-state index is 0.474. The first-order valence-corrected chi connectivity index (χ1v) is 5.20. The molecule has 3 heteroatoms. The largest absolute Gasteiger partial charge is 0.441 e. The smallest absolute Gasteiger partial charge is 0.226 e. The zero-order valence-corrected chi connectivity index (χ0v) is 9.10. The molecular weight excluding hydrogens is 200 g/mol. The van der Waals surface area contributed by atoms with Gasteiger partial charge in [-0.3, -0.25) is 0 Å². The van der Waals surface area contributed by atoms with Crippen molar-refractivity contribution in [1.29, 1.82) is 5.26 Å². The molecule has 16 heavy (non-hydrogen) atoms. The number of aromatic nitrogens is 1. The molecule has 0 saturated carbocycles. The summed E-state index contributed by atoms with van der Waals surface area (Å²) in [5.41, 5.74) is 1.84. The molecule has 0 aliphatic carbocycles. The molecule has 0 amide bonds. The van der Waals surface area contributed by atoms with Gasteiger partial charge in [0.2, 0.25) is 5.89 Å². The predicted molar refractivity (Wildman–Crippen MR) is 60.6 cm³/mol. The molecule has 80 valence electrons. The Morgan fingerprint density at radius 1 is 1.31 bits per heavy atom. The van der Waals surface area contributed by atoms with Gasteiger partial charge in [0.15, 0.2) is 0 Å². The summed E-state index contributed by atoms with van der Waals surface area (Å²) >= 11 is 0. The third kappa shape index (κ3) is 2.12. The number of nitrogens with zero attached hydrogens (tertiary/aromatic N) is 2. The van der Waals surface area contributed by atoms with E-state index in [0.717, 1.165) is 17.0 Å². The number of hydrogen-bond donors (Lipinski definition) is 0. The maximum Gasteiger partial charge on any atom is 0.226 e. The summed E-state index contributed by atoms with van der Waals surface area (Å²) in [5, 5.41) is 8.53. The van der Waals surface area contributed by atoms with Gasteiger partial charge in [-0.1, -0.05) is 18.2 Å². The third-order valence-corrected chi connectivity index (χ3v) is 2.39. The predicted octanol–water partition coefficient (Wildman–Crippen LogP) is 3.11. The summed E-state index contributed by atoms with van der Waals surface area (Å²) < 4.78 is 5.58. The molecule has 2 rings (SSSR count). The average molecular weight is 212 g/mol. The maximum absolute atomic E-state index is 8.53. The van der Waals surface area contributed by atoms with Crippen LogP contribution in [0, 0.1) is 18.3 Å². The highest BCUT2D eigenvalue weighted by atomic mass is 16.4. The Labute approximate surface area is 94.4 Å². The van der Waals surface area contributed by atoms with E-state index in [1.165, 1.54) is 0 Å². The highest BCUT2D eigenvalue weighted by molar-refractivity contribution is 5.53. The molecule has 1 heterocycles. The van der Waals surface area contributed by atoms with Crippen molar-refractivity contribution in [2.24, 2.45) is 0 Å². The summed E-state index contributed by atoms with van der Waals surface area (Å²) in [6.45, 7) is 1.88. The molecule has 0 fully saturated rings. The van der Waals surface area contributed by atoms with E-state index >= 15 is 0 Å². The van der Waals surface area contributed by atoms with Gasteiger partial charge in [-0.2, -0.15) is 5.26 Å². The van der Waals surface area contributed by atoms with Gasteiger partial charge >= 0.3 is 0 Å². The first-order valence-electron chi connectivity index (χ1n) is 5.20. The van der Waals surface area contributed by atoms with Crippen LogP contribution in [-0.2, 0) is 6.42 Å². The van der Waals surface area contributed by atoms with E-state index in [1.54, 1.807) is 0 Å². The lowest BCUT2D eigenvalue weighted by Crippen LogP contribution is -1.86. The molecule has 0 unspecified atom stereocenters. The molecule has 0 atom stereocenters. The van der Waals surface area contributed by atoms with Crippen molar-refractivity contribution in [3.05, 3.63) is 41.8 Å². The lowest BCUT2D eigenvalue weighted by molar-refractivity contribution is 0.539. The van der Waals surface area contributed by atoms with Crippen molar-refractivity contribution in [3.8, 4) is 17.5 Å². The molecule has 3 nitrogen and oxygen atoms in total. The first-order chi connectivity index (χ1) is 7.81. The summed E-state index contributed by atoms with van der Waals surface area (Å²) in [6.07, 6.45) is 1.13. The molecule has 0 bridgehead atoms. The molecule has 1 aromatic heterocycles. The molecule has 1 aromatic carbocycles. The molecule has 0 N–H and O–H groups in total. The van der Waals surface area contributed by atoms with Gasteiger partial charge in [0, 0.05) is 18.4 Å². The van der Waals surface area contributed by atoms with Crippen molar-refractivity contribution < 1.29 is 4.42 Å². The lowest BCUT2D eigenvalue weighted by Gasteiger charge is -1.92. The second-order valence-electron chi connectivity index (χ2n) is 3.55. The summed E-state index contributed by atoms with van der Waals surface area (Å²) in [6, 6.07) is 11.9. The van der Waals surface area contributed by atoms with Crippen LogP contribution in [0.25, 0.3) is 11.5 Å². The highest BCUT2D eigenvalue weighted by Crippen LogP contribution is 2.21. The summed E-state index contributed by atoms with van der Waals surface area (Å²) in [4.78, 5) is 4.40. The topological polar surface area (TPSA) is 49.8 Å². The van der Waals surface area contributed by atoms with Crippen LogP contribution in [0.3, 0.4) is 0 Å². The van der Waals surface area contributed by atoms with E-state index in [-0.39, 0.29) is 0 Å². The Balaban J connectivity index is 2.28. The lowest BCUT2D eigenvalue weighted by atomic mass is 10.2. The van der Waals surface area contributed by atoms with Gasteiger partial charge in [-0.15, -0.1) is 0 Å². The molecule has 0 saturated heterocycles. The van der Waals surface area contributed by atoms with E-state index in [2.05, 4.69) is 11.1 Å². The van der Waals surface area contributed by atoms with Gasteiger partial charge in [-0.05, 0) is 19.1 Å². The van der Waals surface area contributed by atoms with Crippen LogP contribution in [-0.4, -0.2) is 4.98 Å². The second kappa shape index (κ2) is 4.63. The molecular formula is C13H12N2O. The number of nitriles is 1. The van der Waals surface area contributed by atoms with E-state index in [0.29, 0.717) is 18.7 Å². The van der Waals surface area contributed by atoms with E-state index in [1.807, 2.05) is 37.3 Å². The Kier molecular flexibility index (Phi) is 3.02. The Morgan fingerprint density at radius 3 is 2.75 bits per heavy atom. The zero-order valence-electron chi connectivity index (χ0n) is 9.10. The molecule has 2 aromatic rings. The van der Waals surface area contributed by atoms with Gasteiger partial charge < -0.3 is 4.42 Å². The Bertz CT molecular complexity index is 508. The van der Waals surface area contributed by atoms with Crippen LogP contribution in [0.1, 0.15) is 17.9 Å². The van der Waals surface area contributed by atoms with Crippen LogP contribution in [0.5, 0.6) is 0 Å². The second-order valence-corrected chi connectivity index (χ2v) is 3.55. The standard InChI is InChI=1S/C13H12N2O/c1-10-12(8-5-9-14)15-13(16-10)11-6-3-2-4-7-11/h2-4,6-7H,5,8H2,1H3. The highest BCUT2D eigenvalue weighted by Gasteiger charge is 2.10. The van der Waals surface area contributed by atoms with Crippen LogP contribution >= 0.6 is 0 Å². The van der Waals surface area contributed by atoms with Crippen LogP contribution in [0.2, 0.25) is 0 Å². The third-order valence-electron chi connectivity index (χ3n) is 2.39. The van der Waals surface area contributed by atoms with Crippen molar-refractivity contribution in [1.82, 2.24) is 4.98 Å². The normalized spacial score (nSPS) is 10.0. The molecule has 0 spiro atoms. The van der Waals surface area contributed by atoms with Gasteiger partial charge in [0.25, 0.3) is 0 Å². The van der Waals surface area contributed by atoms with Crippen LogP contribution in [0.15, 0.2) is 34.7 Å². The van der Waals surface area contributed by atoms with Crippen LogP contribution < -0.4 is 0 Å². The Hall–Kier alpha value is -2.08. The van der Waals surface area contributed by atoms with Crippen molar-refractivity contribution in [2.75, 3.05) is 0 Å². The number of hydrogen-bond acceptors (Lipinski definition) is 3. The average Bonchev–Trinajstić information content (AvgIpc) is 2.69. The van der Waals surface area contributed by atoms with Gasteiger partial charge in [-0.25, -0.2) is 4.98 Å². The van der Waals surface area contributed by atoms with Crippen LogP contribution in [0.4, 0.5) is 0 Å². The van der Waals surface area contributed by atoms with E-state index in [4.69, 9.17) is 9.68 Å². The fourth-order valence-corrected chi connectivity index (χ4v) is 1.54. The minimum Gasteiger partial charge on any atom is -0.441 e. The summed E-state index contributed by atoms with van der Waals surface area (Å²) in [7, 11) is 0. The number of aryl methyl sites for hydroxylation is 2. The van der Waals surface area contributed by atoms with Crippen molar-refractivity contribution in [2.45, 2.75) is 19.8 Å². The monoisotopic (exact) mass is 212 g/mol. The number of oxazole rings is 1. The van der Waals surface area contributed by atoms with Gasteiger partial charge in [0.05, 0.1) is 11.8 Å². The minimum atomic E-state index is 0.474. The Morgan fingerprint density at radius 2 is 2.06 bits per heavy atom. The van der Waals surface area contributed by atoms with Crippen molar-refractivity contribution in [3.63, 3.8) is 0 Å². The molecule has 0 radical (unpaired) electrons. The fourth-order valence-electron chi connectivity index (χ4n) is 1.54. The number of benzene rings is 1.